The number of allylic oxidation sites excluding steroid dienone is 2. The van der Waals surface area contributed by atoms with Crippen LogP contribution >= 0.6 is 0 Å². The maximum Gasteiger partial charge on any atom is 0.0450 e. The molecule has 1 heterocycles. The molecular weight excluding hydrogens is 194 g/mol. The Kier molecular flexibility index (Phi) is 4.17. The van der Waals surface area contributed by atoms with Crippen molar-refractivity contribution in [3.8, 4) is 0 Å². The fourth-order valence-electron chi connectivity index (χ4n) is 1.66. The summed E-state index contributed by atoms with van der Waals surface area (Å²) in [5.41, 5.74) is 2.68. The van der Waals surface area contributed by atoms with E-state index in [9.17, 15) is 0 Å². The summed E-state index contributed by atoms with van der Waals surface area (Å²) >= 11 is 0. The van der Waals surface area contributed by atoms with Crippen LogP contribution in [0.15, 0.2) is 24.4 Å². The highest BCUT2D eigenvalue weighted by molar-refractivity contribution is 5.66. The lowest BCUT2D eigenvalue weighted by molar-refractivity contribution is 0.387. The maximum absolute atomic E-state index is 3.24. The molecule has 1 aliphatic carbocycles. The molecule has 0 radical (unpaired) electrons. The van der Waals surface area contributed by atoms with Crippen molar-refractivity contribution in [2.24, 2.45) is 11.3 Å². The highest BCUT2D eigenvalue weighted by Gasteiger charge is 2.23. The molecule has 0 fully saturated rings. The largest absolute Gasteiger partial charge is 0.361 e. The number of nitrogens with one attached hydrogen (secondary N) is 1. The molecule has 0 aromatic carbocycles. The quantitative estimate of drug-likeness (QED) is 0.699. The zero-order chi connectivity index (χ0) is 12.2. The monoisotopic (exact) mass is 217 g/mol. The Bertz CT molecular complexity index is 351. The molecule has 0 amide bonds. The summed E-state index contributed by atoms with van der Waals surface area (Å²) in [5.74, 6) is 0.624. The molecule has 0 aliphatic heterocycles. The predicted octanol–water partition coefficient (Wildman–Crippen LogP) is 4.74. The Morgan fingerprint density at radius 1 is 1.12 bits per heavy atom. The highest BCUT2D eigenvalue weighted by Crippen LogP contribution is 2.34. The second-order valence-corrected chi connectivity index (χ2v) is 4.53. The first kappa shape index (κ1) is 12.8. The van der Waals surface area contributed by atoms with Crippen LogP contribution in [0.2, 0.25) is 0 Å². The summed E-state index contributed by atoms with van der Waals surface area (Å²) in [6.07, 6.45) is 11.0. The standard InChI is InChI=1S/C13H17N.C2H6/c1-10(2)13(3)7-4-11-6-9-14-12(11)5-8-13;1-2/h4-10,14H,1-3H3;1-2H3. The van der Waals surface area contributed by atoms with E-state index in [1.807, 2.05) is 20.0 Å². The summed E-state index contributed by atoms with van der Waals surface area (Å²) in [7, 11) is 0. The third-order valence-corrected chi connectivity index (χ3v) is 3.29. The first-order valence-corrected chi connectivity index (χ1v) is 6.18. The molecule has 16 heavy (non-hydrogen) atoms. The molecule has 1 aromatic heterocycles. The SMILES string of the molecule is CC.CC(C)C1(C)C=Cc2cc[nH]c2C=C1. The van der Waals surface area contributed by atoms with Gasteiger partial charge in [-0.3, -0.25) is 0 Å². The molecule has 88 valence electrons. The lowest BCUT2D eigenvalue weighted by Gasteiger charge is -2.26. The second-order valence-electron chi connectivity index (χ2n) is 4.53. The van der Waals surface area contributed by atoms with Crippen molar-refractivity contribution in [2.75, 3.05) is 0 Å². The van der Waals surface area contributed by atoms with Crippen LogP contribution in [0.4, 0.5) is 0 Å². The van der Waals surface area contributed by atoms with Gasteiger partial charge in [0, 0.05) is 17.3 Å². The molecule has 2 rings (SSSR count). The molecule has 0 spiro atoms. The van der Waals surface area contributed by atoms with Gasteiger partial charge in [-0.15, -0.1) is 0 Å². The number of hydrogen-bond acceptors (Lipinski definition) is 0. The van der Waals surface area contributed by atoms with Crippen molar-refractivity contribution in [3.63, 3.8) is 0 Å². The van der Waals surface area contributed by atoms with Gasteiger partial charge in [-0.1, -0.05) is 52.8 Å². The van der Waals surface area contributed by atoms with E-state index in [-0.39, 0.29) is 5.41 Å². The van der Waals surface area contributed by atoms with Gasteiger partial charge < -0.3 is 4.98 Å². The van der Waals surface area contributed by atoms with Crippen molar-refractivity contribution in [3.05, 3.63) is 35.7 Å². The molecule has 1 N–H and O–H groups in total. The van der Waals surface area contributed by atoms with Gasteiger partial charge in [-0.05, 0) is 23.6 Å². The molecule has 0 bridgehead atoms. The summed E-state index contributed by atoms with van der Waals surface area (Å²) in [6.45, 7) is 10.8. The minimum Gasteiger partial charge on any atom is -0.361 e. The average molecular weight is 217 g/mol. The van der Waals surface area contributed by atoms with Gasteiger partial charge in [0.2, 0.25) is 0 Å². The van der Waals surface area contributed by atoms with E-state index in [1.165, 1.54) is 11.3 Å². The van der Waals surface area contributed by atoms with E-state index >= 15 is 0 Å². The number of fused-ring (bicyclic) bond motifs is 1. The van der Waals surface area contributed by atoms with Crippen molar-refractivity contribution >= 4 is 12.2 Å². The summed E-state index contributed by atoms with van der Waals surface area (Å²) in [5, 5.41) is 0. The van der Waals surface area contributed by atoms with Crippen molar-refractivity contribution < 1.29 is 0 Å². The van der Waals surface area contributed by atoms with E-state index < -0.39 is 0 Å². The van der Waals surface area contributed by atoms with Gasteiger partial charge in [0.15, 0.2) is 0 Å². The van der Waals surface area contributed by atoms with Crippen LogP contribution in [-0.4, -0.2) is 4.98 Å². The van der Waals surface area contributed by atoms with Crippen LogP contribution in [0.25, 0.3) is 12.2 Å². The first-order valence-electron chi connectivity index (χ1n) is 6.18. The van der Waals surface area contributed by atoms with Crippen LogP contribution < -0.4 is 0 Å². The fourth-order valence-corrected chi connectivity index (χ4v) is 1.66. The van der Waals surface area contributed by atoms with Gasteiger partial charge in [0.25, 0.3) is 0 Å². The van der Waals surface area contributed by atoms with Crippen LogP contribution in [0.5, 0.6) is 0 Å². The fraction of sp³-hybridized carbons (Fsp3) is 0.467. The minimum absolute atomic E-state index is 0.180. The highest BCUT2D eigenvalue weighted by atomic mass is 14.7. The van der Waals surface area contributed by atoms with Crippen LogP contribution in [0, 0.1) is 11.3 Å². The number of aromatic amines is 1. The van der Waals surface area contributed by atoms with Gasteiger partial charge in [-0.2, -0.15) is 0 Å². The van der Waals surface area contributed by atoms with Crippen LogP contribution in [0.3, 0.4) is 0 Å². The lowest BCUT2D eigenvalue weighted by atomic mass is 9.79. The minimum atomic E-state index is 0.180. The Balaban J connectivity index is 0.000000606. The summed E-state index contributed by atoms with van der Waals surface area (Å²) in [4.78, 5) is 3.24. The maximum atomic E-state index is 3.24. The van der Waals surface area contributed by atoms with E-state index in [4.69, 9.17) is 0 Å². The van der Waals surface area contributed by atoms with Crippen LogP contribution in [0.1, 0.15) is 45.9 Å². The Labute approximate surface area is 99.3 Å². The molecule has 0 saturated heterocycles. The second kappa shape index (κ2) is 5.20. The zero-order valence-corrected chi connectivity index (χ0v) is 11.0. The molecule has 1 aliphatic rings. The Morgan fingerprint density at radius 3 is 2.38 bits per heavy atom. The molecular formula is C15H23N. The molecule has 1 nitrogen and oxygen atoms in total. The van der Waals surface area contributed by atoms with Crippen molar-refractivity contribution in [1.82, 2.24) is 4.98 Å². The van der Waals surface area contributed by atoms with Gasteiger partial charge >= 0.3 is 0 Å². The number of H-pyrrole nitrogens is 1. The molecule has 1 atom stereocenters. The number of aromatic nitrogens is 1. The third kappa shape index (κ3) is 2.46. The Hall–Kier alpha value is -1.24. The third-order valence-electron chi connectivity index (χ3n) is 3.29. The summed E-state index contributed by atoms with van der Waals surface area (Å²) < 4.78 is 0. The zero-order valence-electron chi connectivity index (χ0n) is 11.0. The number of rotatable bonds is 1. The Morgan fingerprint density at radius 2 is 1.75 bits per heavy atom. The predicted molar refractivity (Wildman–Crippen MR) is 73.2 cm³/mol. The summed E-state index contributed by atoms with van der Waals surface area (Å²) in [6, 6.07) is 2.11. The van der Waals surface area contributed by atoms with E-state index in [1.54, 1.807) is 0 Å². The van der Waals surface area contributed by atoms with Gasteiger partial charge in [-0.25, -0.2) is 0 Å². The van der Waals surface area contributed by atoms with E-state index in [0.29, 0.717) is 5.92 Å². The molecule has 1 unspecified atom stereocenters. The normalized spacial score (nSPS) is 22.4. The molecule has 1 heteroatoms. The van der Waals surface area contributed by atoms with Gasteiger partial charge in [0.1, 0.15) is 0 Å². The van der Waals surface area contributed by atoms with Crippen LogP contribution in [-0.2, 0) is 0 Å². The average Bonchev–Trinajstić information content (AvgIpc) is 2.67. The lowest BCUT2D eigenvalue weighted by Crippen LogP contribution is -2.16. The smallest absolute Gasteiger partial charge is 0.0450 e. The van der Waals surface area contributed by atoms with Crippen molar-refractivity contribution in [1.29, 1.82) is 0 Å². The van der Waals surface area contributed by atoms with E-state index in [0.717, 1.165) is 0 Å². The molecule has 1 aromatic rings. The number of hydrogen-bond donors (Lipinski definition) is 1. The van der Waals surface area contributed by atoms with E-state index in [2.05, 4.69) is 56.1 Å². The first-order chi connectivity index (χ1) is 7.62. The van der Waals surface area contributed by atoms with Crippen molar-refractivity contribution in [2.45, 2.75) is 34.6 Å². The molecule has 0 saturated carbocycles. The topological polar surface area (TPSA) is 15.8 Å². The van der Waals surface area contributed by atoms with Gasteiger partial charge in [0.05, 0.1) is 0 Å².